The first-order valence-corrected chi connectivity index (χ1v) is 11.0. The summed E-state index contributed by atoms with van der Waals surface area (Å²) in [5.74, 6) is 0.315. The molecule has 3 aromatic carbocycles. The van der Waals surface area contributed by atoms with Crippen LogP contribution in [0.1, 0.15) is 48.2 Å². The van der Waals surface area contributed by atoms with Crippen molar-refractivity contribution in [1.29, 1.82) is 0 Å². The fraction of sp³-hybridized carbons (Fsp3) is 0.308. The number of amides is 1. The first-order valence-electron chi connectivity index (χ1n) is 11.0. The van der Waals surface area contributed by atoms with Crippen LogP contribution < -0.4 is 14.4 Å². The van der Waals surface area contributed by atoms with Gasteiger partial charge in [0.25, 0.3) is 5.91 Å². The molecule has 0 saturated heterocycles. The molecule has 0 spiro atoms. The summed E-state index contributed by atoms with van der Waals surface area (Å²) in [6.07, 6.45) is 1.85. The topological polar surface area (TPSA) is 76.1 Å². The molecule has 1 aliphatic rings. The van der Waals surface area contributed by atoms with Crippen molar-refractivity contribution in [3.05, 3.63) is 65.2 Å². The molecule has 0 aliphatic carbocycles. The predicted octanol–water partition coefficient (Wildman–Crippen LogP) is 5.20. The molecule has 3 aromatic rings. The van der Waals surface area contributed by atoms with Gasteiger partial charge in [-0.05, 0) is 31.0 Å². The van der Waals surface area contributed by atoms with E-state index in [1.54, 1.807) is 29.2 Å². The summed E-state index contributed by atoms with van der Waals surface area (Å²) < 4.78 is 12.2. The molecule has 6 nitrogen and oxygen atoms in total. The highest BCUT2D eigenvalue weighted by Gasteiger charge is 2.36. The molecule has 0 fully saturated rings. The van der Waals surface area contributed by atoms with Crippen molar-refractivity contribution in [1.82, 2.24) is 0 Å². The molecule has 1 N–H and O–H groups in total. The Morgan fingerprint density at radius 3 is 2.31 bits per heavy atom. The Balaban J connectivity index is 1.80. The van der Waals surface area contributed by atoms with Gasteiger partial charge in [-0.1, -0.05) is 49.7 Å². The zero-order valence-electron chi connectivity index (χ0n) is 18.4. The molecule has 0 bridgehead atoms. The average Bonchev–Trinajstić information content (AvgIpc) is 3.13. The van der Waals surface area contributed by atoms with Crippen LogP contribution in [0.4, 0.5) is 5.69 Å². The van der Waals surface area contributed by atoms with Crippen molar-refractivity contribution in [2.75, 3.05) is 18.1 Å². The third kappa shape index (κ3) is 4.00. The maximum atomic E-state index is 13.6. The predicted molar refractivity (Wildman–Crippen MR) is 124 cm³/mol. The van der Waals surface area contributed by atoms with E-state index in [0.717, 1.165) is 34.9 Å². The van der Waals surface area contributed by atoms with E-state index >= 15 is 0 Å². The van der Waals surface area contributed by atoms with E-state index < -0.39 is 5.97 Å². The molecule has 1 amide bonds. The Hall–Kier alpha value is -3.54. The first-order chi connectivity index (χ1) is 15.5. The van der Waals surface area contributed by atoms with Gasteiger partial charge in [-0.15, -0.1) is 0 Å². The molecular weight excluding hydrogens is 406 g/mol. The smallest absolute Gasteiger partial charge is 0.307 e. The van der Waals surface area contributed by atoms with Crippen LogP contribution in [-0.2, 0) is 17.8 Å². The lowest BCUT2D eigenvalue weighted by Gasteiger charge is -2.17. The van der Waals surface area contributed by atoms with E-state index in [9.17, 15) is 9.59 Å². The summed E-state index contributed by atoms with van der Waals surface area (Å²) in [6.45, 7) is 5.44. The molecule has 1 aliphatic heterocycles. The van der Waals surface area contributed by atoms with Gasteiger partial charge >= 0.3 is 5.97 Å². The van der Waals surface area contributed by atoms with Crippen LogP contribution in [0.3, 0.4) is 0 Å². The van der Waals surface area contributed by atoms with Gasteiger partial charge < -0.3 is 19.5 Å². The highest BCUT2D eigenvalue weighted by Crippen LogP contribution is 2.46. The quantitative estimate of drug-likeness (QED) is 0.469. The first kappa shape index (κ1) is 21.7. The number of nitrogens with zero attached hydrogens (tertiary/aromatic N) is 1. The zero-order valence-corrected chi connectivity index (χ0v) is 18.4. The lowest BCUT2D eigenvalue weighted by atomic mass is 9.99. The van der Waals surface area contributed by atoms with Gasteiger partial charge in [-0.25, -0.2) is 0 Å². The summed E-state index contributed by atoms with van der Waals surface area (Å²) in [5, 5.41) is 10.8. The number of benzene rings is 3. The maximum Gasteiger partial charge on any atom is 0.307 e. The minimum absolute atomic E-state index is 0.0518. The molecule has 1 heterocycles. The number of anilines is 1. The zero-order chi connectivity index (χ0) is 22.7. The molecule has 32 heavy (non-hydrogen) atoms. The van der Waals surface area contributed by atoms with Gasteiger partial charge in [0.2, 0.25) is 0 Å². The van der Waals surface area contributed by atoms with Crippen molar-refractivity contribution >= 4 is 28.3 Å². The second kappa shape index (κ2) is 9.30. The van der Waals surface area contributed by atoms with E-state index in [-0.39, 0.29) is 12.3 Å². The Labute approximate surface area is 187 Å². The minimum Gasteiger partial charge on any atom is -0.493 e. The number of unbranched alkanes of at least 4 members (excludes halogenated alkanes) is 1. The fourth-order valence-electron chi connectivity index (χ4n) is 4.12. The van der Waals surface area contributed by atoms with E-state index in [1.807, 2.05) is 31.2 Å². The highest BCUT2D eigenvalue weighted by molar-refractivity contribution is 6.16. The molecule has 0 aromatic heterocycles. The number of aliphatic carboxylic acids is 1. The Morgan fingerprint density at radius 2 is 1.69 bits per heavy atom. The Kier molecular flexibility index (Phi) is 6.30. The van der Waals surface area contributed by atoms with Gasteiger partial charge in [-0.3, -0.25) is 9.59 Å². The van der Waals surface area contributed by atoms with Crippen molar-refractivity contribution in [3.8, 4) is 11.5 Å². The highest BCUT2D eigenvalue weighted by atomic mass is 16.5. The molecular formula is C26H27NO5. The van der Waals surface area contributed by atoms with Crippen LogP contribution in [-0.4, -0.2) is 30.2 Å². The van der Waals surface area contributed by atoms with E-state index in [1.165, 1.54) is 0 Å². The normalized spacial score (nSPS) is 12.8. The number of ether oxygens (including phenoxy) is 2. The Morgan fingerprint density at radius 1 is 1.00 bits per heavy atom. The third-order valence-corrected chi connectivity index (χ3v) is 5.63. The lowest BCUT2D eigenvalue weighted by molar-refractivity contribution is -0.136. The number of hydrogen-bond acceptors (Lipinski definition) is 4. The van der Waals surface area contributed by atoms with Crippen molar-refractivity contribution < 1.29 is 24.2 Å². The fourth-order valence-corrected chi connectivity index (χ4v) is 4.12. The summed E-state index contributed by atoms with van der Waals surface area (Å²) in [4.78, 5) is 26.3. The van der Waals surface area contributed by atoms with Gasteiger partial charge in [0.05, 0.1) is 31.7 Å². The third-order valence-electron chi connectivity index (χ3n) is 5.63. The van der Waals surface area contributed by atoms with Crippen molar-refractivity contribution in [3.63, 3.8) is 0 Å². The average molecular weight is 434 g/mol. The van der Waals surface area contributed by atoms with Gasteiger partial charge in [0.1, 0.15) is 11.5 Å². The standard InChI is InChI=1S/C26H27NO5/c1-3-5-14-32-25-20-9-7-6-8-19(20)24(31-4-2)21-16-27(26(30)23(21)25)18-12-10-17(11-13-18)15-22(28)29/h6-13H,3-5,14-16H2,1-2H3,(H,28,29). The molecule has 0 saturated carbocycles. The van der Waals surface area contributed by atoms with Crippen LogP contribution in [0.15, 0.2) is 48.5 Å². The van der Waals surface area contributed by atoms with Crippen molar-refractivity contribution in [2.24, 2.45) is 0 Å². The lowest BCUT2D eigenvalue weighted by Crippen LogP contribution is -2.23. The number of rotatable bonds is 9. The summed E-state index contributed by atoms with van der Waals surface area (Å²) >= 11 is 0. The van der Waals surface area contributed by atoms with Crippen LogP contribution in [0.5, 0.6) is 11.5 Å². The van der Waals surface area contributed by atoms with Gasteiger partial charge in [0.15, 0.2) is 0 Å². The van der Waals surface area contributed by atoms with Gasteiger partial charge in [0, 0.05) is 22.0 Å². The monoisotopic (exact) mass is 433 g/mol. The number of fused-ring (bicyclic) bond motifs is 2. The second-order valence-corrected chi connectivity index (χ2v) is 7.82. The molecule has 0 radical (unpaired) electrons. The number of carboxylic acid groups (broad SMARTS) is 1. The molecule has 6 heteroatoms. The number of carbonyl (C=O) groups is 2. The van der Waals surface area contributed by atoms with Crippen LogP contribution in [0.25, 0.3) is 10.8 Å². The van der Waals surface area contributed by atoms with Crippen molar-refractivity contribution in [2.45, 2.75) is 39.7 Å². The minimum atomic E-state index is -0.885. The molecule has 0 unspecified atom stereocenters. The molecule has 4 rings (SSSR count). The largest absolute Gasteiger partial charge is 0.493 e. The SMILES string of the molecule is CCCCOc1c2c(c(OCC)c3ccccc13)CN(c1ccc(CC(=O)O)cc1)C2=O. The summed E-state index contributed by atoms with van der Waals surface area (Å²) in [6, 6.07) is 14.9. The number of hydrogen-bond donors (Lipinski definition) is 1. The second-order valence-electron chi connectivity index (χ2n) is 7.82. The summed E-state index contributed by atoms with van der Waals surface area (Å²) in [7, 11) is 0. The van der Waals surface area contributed by atoms with E-state index in [2.05, 4.69) is 6.92 Å². The Bertz CT molecular complexity index is 1150. The van der Waals surface area contributed by atoms with Crippen LogP contribution in [0.2, 0.25) is 0 Å². The van der Waals surface area contributed by atoms with Crippen LogP contribution >= 0.6 is 0 Å². The van der Waals surface area contributed by atoms with E-state index in [0.29, 0.717) is 42.3 Å². The number of carboxylic acids is 1. The number of carbonyl (C=O) groups excluding carboxylic acids is 1. The van der Waals surface area contributed by atoms with E-state index in [4.69, 9.17) is 14.6 Å². The molecule has 166 valence electrons. The maximum absolute atomic E-state index is 13.6. The van der Waals surface area contributed by atoms with Crippen LogP contribution in [0, 0.1) is 0 Å². The summed E-state index contributed by atoms with van der Waals surface area (Å²) in [5.41, 5.74) is 2.79. The molecule has 0 atom stereocenters. The van der Waals surface area contributed by atoms with Gasteiger partial charge in [-0.2, -0.15) is 0 Å².